The second-order valence-corrected chi connectivity index (χ2v) is 12.4. The first-order valence-corrected chi connectivity index (χ1v) is 13.5. The molecule has 0 saturated heterocycles. The lowest BCUT2D eigenvalue weighted by atomic mass is 9.59. The molecule has 0 fully saturated rings. The van der Waals surface area contributed by atoms with Crippen molar-refractivity contribution in [2.75, 3.05) is 0 Å². The molecule has 3 heteroatoms. The molecule has 4 aromatic carbocycles. The van der Waals surface area contributed by atoms with Crippen molar-refractivity contribution in [2.24, 2.45) is 10.8 Å². The fourth-order valence-electron chi connectivity index (χ4n) is 6.72. The SMILES string of the molecule is CC1(C)C=C(Cl)C2=c3c(c4c(c5oc6ccccc6c35)=c3c(ccc5ccccc35)=C4Cl)C=C2C1(C)C. The number of benzene rings is 4. The number of allylic oxidation sites excluding steroid dienone is 3. The van der Waals surface area contributed by atoms with Crippen molar-refractivity contribution in [3.63, 3.8) is 0 Å². The van der Waals surface area contributed by atoms with Gasteiger partial charge in [-0.15, -0.1) is 0 Å². The predicted octanol–water partition coefficient (Wildman–Crippen LogP) is 8.47. The van der Waals surface area contributed by atoms with E-state index in [9.17, 15) is 0 Å². The van der Waals surface area contributed by atoms with Gasteiger partial charge in [0.25, 0.3) is 0 Å². The van der Waals surface area contributed by atoms with Crippen LogP contribution in [0.1, 0.15) is 38.8 Å². The van der Waals surface area contributed by atoms with Crippen molar-refractivity contribution in [1.29, 1.82) is 0 Å². The average Bonchev–Trinajstić information content (AvgIpc) is 3.53. The lowest BCUT2D eigenvalue weighted by molar-refractivity contribution is 0.219. The summed E-state index contributed by atoms with van der Waals surface area (Å²) in [5, 5.41) is 10.7. The molecule has 0 saturated carbocycles. The van der Waals surface area contributed by atoms with Gasteiger partial charge in [-0.1, -0.05) is 112 Å². The summed E-state index contributed by atoms with van der Waals surface area (Å²) in [7, 11) is 0. The fraction of sp³-hybridized carbons (Fsp3) is 0.176. The van der Waals surface area contributed by atoms with Crippen LogP contribution in [-0.4, -0.2) is 0 Å². The van der Waals surface area contributed by atoms with Crippen molar-refractivity contribution in [3.05, 3.63) is 109 Å². The highest BCUT2D eigenvalue weighted by Crippen LogP contribution is 2.57. The highest BCUT2D eigenvalue weighted by molar-refractivity contribution is 6.49. The van der Waals surface area contributed by atoms with Crippen LogP contribution in [0, 0.1) is 21.3 Å². The topological polar surface area (TPSA) is 13.1 Å². The van der Waals surface area contributed by atoms with Crippen LogP contribution in [0.5, 0.6) is 0 Å². The van der Waals surface area contributed by atoms with E-state index in [0.717, 1.165) is 69.6 Å². The summed E-state index contributed by atoms with van der Waals surface area (Å²) in [4.78, 5) is 0. The Labute approximate surface area is 224 Å². The maximum Gasteiger partial charge on any atom is 0.144 e. The van der Waals surface area contributed by atoms with Crippen LogP contribution in [0.15, 0.2) is 81.8 Å². The minimum absolute atomic E-state index is 0.102. The minimum atomic E-state index is -0.122. The summed E-state index contributed by atoms with van der Waals surface area (Å²) >= 11 is 14.4. The summed E-state index contributed by atoms with van der Waals surface area (Å²) < 4.78 is 6.71. The van der Waals surface area contributed by atoms with Crippen LogP contribution in [0.2, 0.25) is 0 Å². The molecule has 3 aliphatic rings. The molecule has 0 bridgehead atoms. The van der Waals surface area contributed by atoms with E-state index in [1.165, 1.54) is 16.3 Å². The molecule has 1 heterocycles. The van der Waals surface area contributed by atoms with E-state index >= 15 is 0 Å². The van der Waals surface area contributed by atoms with Gasteiger partial charge in [-0.2, -0.15) is 0 Å². The second-order valence-electron chi connectivity index (χ2n) is 11.6. The van der Waals surface area contributed by atoms with Gasteiger partial charge in [0, 0.05) is 47.8 Å². The Kier molecular flexibility index (Phi) is 3.99. The van der Waals surface area contributed by atoms with Gasteiger partial charge in [0.1, 0.15) is 11.2 Å². The zero-order valence-electron chi connectivity index (χ0n) is 21.1. The summed E-state index contributed by atoms with van der Waals surface area (Å²) in [6, 6.07) is 21.2. The first kappa shape index (κ1) is 21.8. The van der Waals surface area contributed by atoms with E-state index in [1.807, 2.05) is 6.07 Å². The molecule has 5 aromatic rings. The Morgan fingerprint density at radius 3 is 2.30 bits per heavy atom. The van der Waals surface area contributed by atoms with Gasteiger partial charge in [0.2, 0.25) is 0 Å². The van der Waals surface area contributed by atoms with E-state index in [1.54, 1.807) is 0 Å². The quantitative estimate of drug-likeness (QED) is 0.200. The second kappa shape index (κ2) is 6.78. The first-order chi connectivity index (χ1) is 17.7. The molecular weight excluding hydrogens is 495 g/mol. The maximum atomic E-state index is 7.31. The van der Waals surface area contributed by atoms with Crippen molar-refractivity contribution in [3.8, 4) is 0 Å². The van der Waals surface area contributed by atoms with Gasteiger partial charge in [0.15, 0.2) is 0 Å². The molecule has 0 amide bonds. The number of furan rings is 1. The van der Waals surface area contributed by atoms with Crippen molar-refractivity contribution in [1.82, 2.24) is 0 Å². The van der Waals surface area contributed by atoms with Crippen molar-refractivity contribution in [2.45, 2.75) is 27.7 Å². The summed E-state index contributed by atoms with van der Waals surface area (Å²) in [6.45, 7) is 9.18. The molecule has 0 unspecified atom stereocenters. The molecule has 1 aromatic heterocycles. The molecule has 8 rings (SSSR count). The lowest BCUT2D eigenvalue weighted by Gasteiger charge is -2.45. The highest BCUT2D eigenvalue weighted by Gasteiger charge is 2.46. The van der Waals surface area contributed by atoms with Crippen LogP contribution >= 0.6 is 23.2 Å². The van der Waals surface area contributed by atoms with Crippen LogP contribution in [0.25, 0.3) is 49.4 Å². The van der Waals surface area contributed by atoms with Gasteiger partial charge < -0.3 is 4.42 Å². The largest absolute Gasteiger partial charge is 0.455 e. The monoisotopic (exact) mass is 518 g/mol. The van der Waals surface area contributed by atoms with E-state index in [4.69, 9.17) is 27.6 Å². The molecule has 0 atom stereocenters. The molecule has 180 valence electrons. The summed E-state index contributed by atoms with van der Waals surface area (Å²) in [5.74, 6) is 0. The molecule has 3 aliphatic carbocycles. The standard InChI is InChI=1S/C34H24Cl2O/c1-33(2)16-23(35)29-22(34(33,3)4)15-21-26(29)28-19-11-7-8-12-24(19)37-32(28)30-25-18-10-6-5-9-17(18)13-14-20(25)31(36)27(21)30/h5-16H,1-4H3. The van der Waals surface area contributed by atoms with Gasteiger partial charge in [0.05, 0.1) is 5.03 Å². The highest BCUT2D eigenvalue weighted by atomic mass is 35.5. The van der Waals surface area contributed by atoms with Crippen LogP contribution in [-0.2, 0) is 0 Å². The van der Waals surface area contributed by atoms with Gasteiger partial charge in [-0.25, -0.2) is 0 Å². The van der Waals surface area contributed by atoms with E-state index in [0.29, 0.717) is 0 Å². The summed E-state index contributed by atoms with van der Waals surface area (Å²) in [5.41, 5.74) is 6.14. The third-order valence-corrected chi connectivity index (χ3v) is 10.0. The molecule has 0 spiro atoms. The lowest BCUT2D eigenvalue weighted by Crippen LogP contribution is -2.36. The van der Waals surface area contributed by atoms with Crippen LogP contribution in [0.4, 0.5) is 0 Å². The van der Waals surface area contributed by atoms with Crippen molar-refractivity contribution < 1.29 is 4.42 Å². The third kappa shape index (κ3) is 2.48. The molecular formula is C34H24Cl2O. The van der Waals surface area contributed by atoms with Gasteiger partial charge in [-0.05, 0) is 44.9 Å². The summed E-state index contributed by atoms with van der Waals surface area (Å²) in [6.07, 6.45) is 4.59. The van der Waals surface area contributed by atoms with E-state index in [-0.39, 0.29) is 10.8 Å². The zero-order chi connectivity index (χ0) is 25.4. The Bertz CT molecular complexity index is 2200. The predicted molar refractivity (Wildman–Crippen MR) is 156 cm³/mol. The average molecular weight is 519 g/mol. The Balaban J connectivity index is 1.76. The van der Waals surface area contributed by atoms with Crippen molar-refractivity contribution >= 4 is 72.6 Å². The fourth-order valence-corrected chi connectivity index (χ4v) is 7.54. The van der Waals surface area contributed by atoms with E-state index in [2.05, 4.69) is 94.4 Å². The first-order valence-electron chi connectivity index (χ1n) is 12.8. The third-order valence-electron chi connectivity index (χ3n) is 9.31. The molecule has 0 aliphatic heterocycles. The number of fused-ring (bicyclic) bond motifs is 12. The minimum Gasteiger partial charge on any atom is -0.455 e. The van der Waals surface area contributed by atoms with Crippen LogP contribution in [0.3, 0.4) is 0 Å². The Morgan fingerprint density at radius 1 is 0.757 bits per heavy atom. The number of rotatable bonds is 0. The van der Waals surface area contributed by atoms with Gasteiger partial charge >= 0.3 is 0 Å². The molecule has 37 heavy (non-hydrogen) atoms. The molecule has 0 radical (unpaired) electrons. The number of hydrogen-bond acceptors (Lipinski definition) is 1. The Hall–Kier alpha value is -3.26. The molecule has 1 nitrogen and oxygen atoms in total. The molecule has 0 N–H and O–H groups in total. The van der Waals surface area contributed by atoms with Crippen LogP contribution < -0.4 is 10.4 Å². The number of halogens is 2. The zero-order valence-corrected chi connectivity index (χ0v) is 22.6. The normalized spacial score (nSPS) is 18.6. The van der Waals surface area contributed by atoms with E-state index < -0.39 is 0 Å². The maximum absolute atomic E-state index is 7.31. The smallest absolute Gasteiger partial charge is 0.144 e. The number of para-hydroxylation sites is 1. The Morgan fingerprint density at radius 2 is 1.49 bits per heavy atom. The number of hydrogen-bond donors (Lipinski definition) is 0. The van der Waals surface area contributed by atoms with Gasteiger partial charge in [-0.3, -0.25) is 0 Å².